The molecule has 13 heavy (non-hydrogen) atoms. The third kappa shape index (κ3) is 0.806. The highest BCUT2D eigenvalue weighted by molar-refractivity contribution is 5.39. The van der Waals surface area contributed by atoms with Gasteiger partial charge in [-0.1, -0.05) is 37.3 Å². The molecule has 0 unspecified atom stereocenters. The number of hydrogen-bond acceptors (Lipinski definition) is 1. The highest BCUT2D eigenvalue weighted by atomic mass is 15.0. The SMILES string of the molecule is C[C@H]1[C@H]2CNC[C@]21c1ccccc1. The van der Waals surface area contributed by atoms with Gasteiger partial charge in [0.2, 0.25) is 0 Å². The molecule has 1 aliphatic carbocycles. The fraction of sp³-hybridized carbons (Fsp3) is 0.500. The van der Waals surface area contributed by atoms with Crippen LogP contribution in [0.5, 0.6) is 0 Å². The minimum Gasteiger partial charge on any atom is -0.316 e. The monoisotopic (exact) mass is 173 g/mol. The summed E-state index contributed by atoms with van der Waals surface area (Å²) in [6.07, 6.45) is 0. The molecule has 1 aromatic carbocycles. The summed E-state index contributed by atoms with van der Waals surface area (Å²) >= 11 is 0. The first-order valence-corrected chi connectivity index (χ1v) is 5.12. The topological polar surface area (TPSA) is 12.0 Å². The fourth-order valence-corrected chi connectivity index (χ4v) is 3.14. The summed E-state index contributed by atoms with van der Waals surface area (Å²) in [4.78, 5) is 0. The first-order chi connectivity index (χ1) is 6.36. The van der Waals surface area contributed by atoms with E-state index >= 15 is 0 Å². The largest absolute Gasteiger partial charge is 0.316 e. The Balaban J connectivity index is 2.02. The van der Waals surface area contributed by atoms with Crippen LogP contribution in [0.15, 0.2) is 30.3 Å². The van der Waals surface area contributed by atoms with E-state index in [2.05, 4.69) is 42.6 Å². The van der Waals surface area contributed by atoms with Gasteiger partial charge in [0.15, 0.2) is 0 Å². The van der Waals surface area contributed by atoms with E-state index in [1.165, 1.54) is 18.7 Å². The Morgan fingerprint density at radius 3 is 2.69 bits per heavy atom. The second-order valence-corrected chi connectivity index (χ2v) is 4.43. The lowest BCUT2D eigenvalue weighted by Gasteiger charge is -2.13. The number of nitrogens with one attached hydrogen (secondary N) is 1. The molecule has 1 heterocycles. The lowest BCUT2D eigenvalue weighted by Crippen LogP contribution is -2.22. The van der Waals surface area contributed by atoms with Gasteiger partial charge in [0, 0.05) is 12.0 Å². The summed E-state index contributed by atoms with van der Waals surface area (Å²) in [5, 5.41) is 3.49. The van der Waals surface area contributed by atoms with Crippen molar-refractivity contribution in [3.8, 4) is 0 Å². The Morgan fingerprint density at radius 1 is 1.31 bits per heavy atom. The van der Waals surface area contributed by atoms with Crippen molar-refractivity contribution in [3.05, 3.63) is 35.9 Å². The van der Waals surface area contributed by atoms with Crippen LogP contribution in [0.3, 0.4) is 0 Å². The van der Waals surface area contributed by atoms with Gasteiger partial charge in [-0.05, 0) is 23.9 Å². The van der Waals surface area contributed by atoms with E-state index in [-0.39, 0.29) is 0 Å². The van der Waals surface area contributed by atoms with Crippen LogP contribution in [-0.4, -0.2) is 13.1 Å². The van der Waals surface area contributed by atoms with Gasteiger partial charge >= 0.3 is 0 Å². The van der Waals surface area contributed by atoms with Crippen molar-refractivity contribution in [1.29, 1.82) is 0 Å². The van der Waals surface area contributed by atoms with Crippen molar-refractivity contribution >= 4 is 0 Å². The molecule has 0 radical (unpaired) electrons. The molecule has 0 spiro atoms. The Kier molecular flexibility index (Phi) is 1.37. The Labute approximate surface area is 79.2 Å². The van der Waals surface area contributed by atoms with Gasteiger partial charge in [0.1, 0.15) is 0 Å². The summed E-state index contributed by atoms with van der Waals surface area (Å²) in [5.41, 5.74) is 2.04. The van der Waals surface area contributed by atoms with E-state index in [0.29, 0.717) is 5.41 Å². The molecule has 3 atom stereocenters. The van der Waals surface area contributed by atoms with Gasteiger partial charge in [0.25, 0.3) is 0 Å². The molecule has 1 heteroatoms. The second-order valence-electron chi connectivity index (χ2n) is 4.43. The quantitative estimate of drug-likeness (QED) is 0.682. The predicted octanol–water partition coefficient (Wildman–Crippen LogP) is 1.79. The first-order valence-electron chi connectivity index (χ1n) is 5.12. The normalized spacial score (nSPS) is 41.6. The van der Waals surface area contributed by atoms with E-state index < -0.39 is 0 Å². The Bertz CT molecular complexity index is 319. The number of hydrogen-bond donors (Lipinski definition) is 1. The van der Waals surface area contributed by atoms with E-state index in [9.17, 15) is 0 Å². The van der Waals surface area contributed by atoms with E-state index in [1.807, 2.05) is 0 Å². The maximum Gasteiger partial charge on any atom is 0.0150 e. The third-order valence-corrected chi connectivity index (χ3v) is 4.06. The zero-order valence-corrected chi connectivity index (χ0v) is 7.96. The van der Waals surface area contributed by atoms with E-state index in [0.717, 1.165) is 11.8 Å². The van der Waals surface area contributed by atoms with Gasteiger partial charge in [0.05, 0.1) is 0 Å². The highest BCUT2D eigenvalue weighted by Crippen LogP contribution is 2.61. The van der Waals surface area contributed by atoms with Crippen LogP contribution in [-0.2, 0) is 5.41 Å². The predicted molar refractivity (Wildman–Crippen MR) is 53.6 cm³/mol. The molecule has 2 fully saturated rings. The van der Waals surface area contributed by atoms with Crippen molar-refractivity contribution < 1.29 is 0 Å². The number of benzene rings is 1. The molecule has 2 aliphatic rings. The average Bonchev–Trinajstić information content (AvgIpc) is 2.63. The molecule has 0 bridgehead atoms. The molecule has 0 amide bonds. The maximum atomic E-state index is 3.49. The second kappa shape index (κ2) is 2.36. The Hall–Kier alpha value is -0.820. The fourth-order valence-electron chi connectivity index (χ4n) is 3.14. The molecular formula is C12H15N. The molecule has 1 saturated heterocycles. The van der Waals surface area contributed by atoms with Gasteiger partial charge in [-0.25, -0.2) is 0 Å². The standard InChI is InChI=1S/C12H15N/c1-9-11-7-13-8-12(9,11)10-5-3-2-4-6-10/h2-6,9,11,13H,7-8H2,1H3/t9-,11+,12-/m0/s1. The van der Waals surface area contributed by atoms with Crippen LogP contribution >= 0.6 is 0 Å². The lowest BCUT2D eigenvalue weighted by atomic mass is 9.93. The van der Waals surface area contributed by atoms with Crippen molar-refractivity contribution in [2.24, 2.45) is 11.8 Å². The smallest absolute Gasteiger partial charge is 0.0150 e. The molecule has 68 valence electrons. The van der Waals surface area contributed by atoms with Crippen LogP contribution < -0.4 is 5.32 Å². The average molecular weight is 173 g/mol. The molecule has 1 aromatic rings. The molecular weight excluding hydrogens is 158 g/mol. The van der Waals surface area contributed by atoms with Crippen molar-refractivity contribution in [2.45, 2.75) is 12.3 Å². The zero-order chi connectivity index (χ0) is 8.89. The van der Waals surface area contributed by atoms with Crippen LogP contribution in [0, 0.1) is 11.8 Å². The maximum absolute atomic E-state index is 3.49. The summed E-state index contributed by atoms with van der Waals surface area (Å²) in [6.45, 7) is 4.79. The van der Waals surface area contributed by atoms with Crippen LogP contribution in [0.25, 0.3) is 0 Å². The van der Waals surface area contributed by atoms with Crippen LogP contribution in [0.1, 0.15) is 12.5 Å². The van der Waals surface area contributed by atoms with Crippen molar-refractivity contribution in [3.63, 3.8) is 0 Å². The zero-order valence-electron chi connectivity index (χ0n) is 7.96. The van der Waals surface area contributed by atoms with E-state index in [1.54, 1.807) is 0 Å². The number of fused-ring (bicyclic) bond motifs is 1. The van der Waals surface area contributed by atoms with Crippen molar-refractivity contribution in [2.75, 3.05) is 13.1 Å². The minimum atomic E-state index is 0.501. The number of piperidine rings is 1. The number of rotatable bonds is 1. The summed E-state index contributed by atoms with van der Waals surface area (Å²) in [6, 6.07) is 11.0. The van der Waals surface area contributed by atoms with Gasteiger partial charge in [-0.3, -0.25) is 0 Å². The van der Waals surface area contributed by atoms with Gasteiger partial charge < -0.3 is 5.32 Å². The molecule has 1 saturated carbocycles. The van der Waals surface area contributed by atoms with Crippen molar-refractivity contribution in [1.82, 2.24) is 5.32 Å². The van der Waals surface area contributed by atoms with Crippen LogP contribution in [0.2, 0.25) is 0 Å². The van der Waals surface area contributed by atoms with E-state index in [4.69, 9.17) is 0 Å². The first kappa shape index (κ1) is 7.57. The summed E-state index contributed by atoms with van der Waals surface area (Å²) in [5.74, 6) is 1.78. The Morgan fingerprint density at radius 2 is 2.08 bits per heavy atom. The molecule has 1 nitrogen and oxygen atoms in total. The van der Waals surface area contributed by atoms with Gasteiger partial charge in [-0.15, -0.1) is 0 Å². The van der Waals surface area contributed by atoms with Crippen LogP contribution in [0.4, 0.5) is 0 Å². The molecule has 3 rings (SSSR count). The van der Waals surface area contributed by atoms with Gasteiger partial charge in [-0.2, -0.15) is 0 Å². The minimum absolute atomic E-state index is 0.501. The lowest BCUT2D eigenvalue weighted by molar-refractivity contribution is 0.591. The summed E-state index contributed by atoms with van der Waals surface area (Å²) < 4.78 is 0. The summed E-state index contributed by atoms with van der Waals surface area (Å²) in [7, 11) is 0. The molecule has 1 N–H and O–H groups in total. The third-order valence-electron chi connectivity index (χ3n) is 4.06. The highest BCUT2D eigenvalue weighted by Gasteiger charge is 2.64. The molecule has 1 aliphatic heterocycles. The molecule has 0 aromatic heterocycles.